The largest absolute Gasteiger partial charge is 0.443 e. The van der Waals surface area contributed by atoms with E-state index in [1.165, 1.54) is 12.7 Å². The molecular weight excluding hydrogens is 446 g/mol. The van der Waals surface area contributed by atoms with Crippen molar-refractivity contribution in [1.29, 1.82) is 0 Å². The van der Waals surface area contributed by atoms with E-state index in [2.05, 4.69) is 20.3 Å². The van der Waals surface area contributed by atoms with Gasteiger partial charge in [-0.15, -0.1) is 0 Å². The van der Waals surface area contributed by atoms with Crippen molar-refractivity contribution in [2.75, 3.05) is 5.73 Å². The molecule has 176 valence electrons. The van der Waals surface area contributed by atoms with E-state index in [4.69, 9.17) is 15.2 Å². The van der Waals surface area contributed by atoms with Gasteiger partial charge in [0, 0.05) is 12.1 Å². The van der Waals surface area contributed by atoms with Crippen LogP contribution in [0.15, 0.2) is 59.6 Å². The first-order valence-electron chi connectivity index (χ1n) is 11.4. The minimum Gasteiger partial charge on any atom is -0.443 e. The minimum absolute atomic E-state index is 0.0684. The van der Waals surface area contributed by atoms with Gasteiger partial charge < -0.3 is 20.6 Å². The zero-order valence-corrected chi connectivity index (χ0v) is 18.8. The van der Waals surface area contributed by atoms with Crippen molar-refractivity contribution in [2.45, 2.75) is 38.0 Å². The molecule has 10 nitrogen and oxygen atoms in total. The summed E-state index contributed by atoms with van der Waals surface area (Å²) in [4.78, 5) is 25.4. The molecule has 6 rings (SSSR count). The number of aliphatic hydroxyl groups is 1. The van der Waals surface area contributed by atoms with Gasteiger partial charge in [-0.05, 0) is 37.0 Å². The Kier molecular flexibility index (Phi) is 5.14. The number of fused-ring (bicyclic) bond motifs is 2. The number of carbonyl (C=O) groups is 1. The van der Waals surface area contributed by atoms with Crippen LogP contribution in [0, 0.1) is 0 Å². The summed E-state index contributed by atoms with van der Waals surface area (Å²) in [7, 11) is 0. The van der Waals surface area contributed by atoms with Gasteiger partial charge in [-0.2, -0.15) is 5.10 Å². The van der Waals surface area contributed by atoms with Crippen LogP contribution in [0.4, 0.5) is 5.82 Å². The average Bonchev–Trinajstić information content (AvgIpc) is 3.61. The maximum atomic E-state index is 12.7. The zero-order valence-electron chi connectivity index (χ0n) is 18.8. The molecular formula is C25H23N7O3. The van der Waals surface area contributed by atoms with E-state index in [0.29, 0.717) is 52.2 Å². The second-order valence-electron chi connectivity index (χ2n) is 8.76. The summed E-state index contributed by atoms with van der Waals surface area (Å²) < 4.78 is 7.23. The Morgan fingerprint density at radius 2 is 2.00 bits per heavy atom. The molecule has 1 amide bonds. The van der Waals surface area contributed by atoms with Crippen molar-refractivity contribution in [1.82, 2.24) is 30.0 Å². The van der Waals surface area contributed by atoms with Gasteiger partial charge in [0.15, 0.2) is 17.6 Å². The zero-order chi connectivity index (χ0) is 23.9. The van der Waals surface area contributed by atoms with Gasteiger partial charge in [-0.1, -0.05) is 30.3 Å². The minimum atomic E-state index is -0.326. The maximum absolute atomic E-state index is 12.7. The molecule has 3 aromatic heterocycles. The molecule has 0 aliphatic heterocycles. The first kappa shape index (κ1) is 21.2. The maximum Gasteiger partial charge on any atom is 0.255 e. The Labute approximate surface area is 199 Å². The van der Waals surface area contributed by atoms with Crippen molar-refractivity contribution < 1.29 is 14.3 Å². The van der Waals surface area contributed by atoms with Crippen LogP contribution in [0.25, 0.3) is 33.4 Å². The lowest BCUT2D eigenvalue weighted by Gasteiger charge is -2.10. The van der Waals surface area contributed by atoms with E-state index >= 15 is 0 Å². The van der Waals surface area contributed by atoms with E-state index in [0.717, 1.165) is 24.0 Å². The summed E-state index contributed by atoms with van der Waals surface area (Å²) in [6.07, 6.45) is 4.66. The van der Waals surface area contributed by atoms with Crippen molar-refractivity contribution in [3.05, 3.63) is 66.3 Å². The number of amides is 1. The molecule has 10 heteroatoms. The number of anilines is 1. The van der Waals surface area contributed by atoms with E-state index in [1.807, 2.05) is 28.9 Å². The predicted octanol–water partition coefficient (Wildman–Crippen LogP) is 3.23. The lowest BCUT2D eigenvalue weighted by Crippen LogP contribution is -2.22. The number of benzene rings is 2. The Morgan fingerprint density at radius 1 is 1.14 bits per heavy atom. The highest BCUT2D eigenvalue weighted by Gasteiger charge is 2.28. The van der Waals surface area contributed by atoms with Crippen molar-refractivity contribution in [2.24, 2.45) is 0 Å². The van der Waals surface area contributed by atoms with Gasteiger partial charge in [-0.25, -0.2) is 19.6 Å². The summed E-state index contributed by atoms with van der Waals surface area (Å²) in [6.45, 7) is 0.351. The van der Waals surface area contributed by atoms with Crippen LogP contribution < -0.4 is 11.1 Å². The third kappa shape index (κ3) is 3.77. The summed E-state index contributed by atoms with van der Waals surface area (Å²) >= 11 is 0. The van der Waals surface area contributed by atoms with Crippen LogP contribution in [0.2, 0.25) is 0 Å². The molecule has 1 aliphatic rings. The highest BCUT2D eigenvalue weighted by atomic mass is 16.3. The number of aromatic nitrogens is 5. The molecule has 35 heavy (non-hydrogen) atoms. The first-order chi connectivity index (χ1) is 17.1. The fourth-order valence-electron chi connectivity index (χ4n) is 4.73. The fraction of sp³-hybridized carbons (Fsp3) is 0.240. The van der Waals surface area contributed by atoms with Gasteiger partial charge in [0.2, 0.25) is 0 Å². The number of hydrogen-bond acceptors (Lipinski definition) is 8. The van der Waals surface area contributed by atoms with Gasteiger partial charge in [0.1, 0.15) is 23.4 Å². The molecule has 0 spiro atoms. The summed E-state index contributed by atoms with van der Waals surface area (Å²) in [5, 5.41) is 18.5. The SMILES string of the molecule is Nc1ncnc2c1c(-c1ccc(CNC(=O)c3cccc4ncoc34)cc1)nn2[C@@H]1CCC(O)C1. The number of nitrogens with two attached hydrogens (primary N) is 1. The summed E-state index contributed by atoms with van der Waals surface area (Å²) in [5.41, 5.74) is 10.9. The fourth-order valence-corrected chi connectivity index (χ4v) is 4.73. The Morgan fingerprint density at radius 3 is 2.80 bits per heavy atom. The third-order valence-electron chi connectivity index (χ3n) is 6.52. The number of hydrogen-bond donors (Lipinski definition) is 3. The van der Waals surface area contributed by atoms with Crippen LogP contribution in [-0.2, 0) is 6.54 Å². The molecule has 0 bridgehead atoms. The molecule has 5 aromatic rings. The van der Waals surface area contributed by atoms with Crippen LogP contribution >= 0.6 is 0 Å². The van der Waals surface area contributed by atoms with Crippen molar-refractivity contribution in [3.63, 3.8) is 0 Å². The van der Waals surface area contributed by atoms with Gasteiger partial charge in [0.25, 0.3) is 5.91 Å². The number of carbonyl (C=O) groups excluding carboxylic acids is 1. The molecule has 1 fully saturated rings. The molecule has 2 aromatic carbocycles. The van der Waals surface area contributed by atoms with Gasteiger partial charge >= 0.3 is 0 Å². The topological polar surface area (TPSA) is 145 Å². The van der Waals surface area contributed by atoms with E-state index < -0.39 is 0 Å². The van der Waals surface area contributed by atoms with E-state index in [-0.39, 0.29) is 18.1 Å². The van der Waals surface area contributed by atoms with Crippen molar-refractivity contribution >= 4 is 33.9 Å². The standard InChI is InChI=1S/C25H23N7O3/c26-23-20-21(31-32(24(20)29-12-28-23)16-8-9-17(33)10-16)15-6-4-14(5-7-15)11-27-25(34)18-2-1-3-19-22(18)35-13-30-19/h1-7,12-13,16-17,33H,8-11H2,(H,27,34)(H2,26,28,29)/t16-,17?/m1/s1. The predicted molar refractivity (Wildman–Crippen MR) is 129 cm³/mol. The molecule has 4 N–H and O–H groups in total. The normalized spacial score (nSPS) is 17.9. The highest BCUT2D eigenvalue weighted by Crippen LogP contribution is 2.36. The molecule has 0 saturated heterocycles. The molecule has 1 aliphatic carbocycles. The number of para-hydroxylation sites is 1. The van der Waals surface area contributed by atoms with Crippen LogP contribution in [0.3, 0.4) is 0 Å². The monoisotopic (exact) mass is 469 g/mol. The molecule has 3 heterocycles. The second-order valence-corrected chi connectivity index (χ2v) is 8.76. The summed E-state index contributed by atoms with van der Waals surface area (Å²) in [5.74, 6) is 0.137. The van der Waals surface area contributed by atoms with Gasteiger partial charge in [0.05, 0.1) is 23.1 Å². The quantitative estimate of drug-likeness (QED) is 0.356. The molecule has 1 unspecified atom stereocenters. The van der Waals surface area contributed by atoms with Crippen LogP contribution in [-0.4, -0.2) is 41.9 Å². The molecule has 1 saturated carbocycles. The van der Waals surface area contributed by atoms with Gasteiger partial charge in [-0.3, -0.25) is 4.79 Å². The second kappa shape index (κ2) is 8.48. The number of nitrogens with zero attached hydrogens (tertiary/aromatic N) is 5. The third-order valence-corrected chi connectivity index (χ3v) is 6.52. The number of oxazole rings is 1. The number of rotatable bonds is 5. The summed E-state index contributed by atoms with van der Waals surface area (Å²) in [6, 6.07) is 13.1. The van der Waals surface area contributed by atoms with E-state index in [9.17, 15) is 9.90 Å². The Bertz CT molecular complexity index is 1540. The smallest absolute Gasteiger partial charge is 0.255 e. The highest BCUT2D eigenvalue weighted by molar-refractivity contribution is 6.04. The average molecular weight is 470 g/mol. The number of nitrogens with one attached hydrogen (secondary N) is 1. The lowest BCUT2D eigenvalue weighted by molar-refractivity contribution is 0.0951. The number of nitrogen functional groups attached to an aromatic ring is 1. The van der Waals surface area contributed by atoms with Crippen LogP contribution in [0.1, 0.15) is 41.2 Å². The van der Waals surface area contributed by atoms with E-state index in [1.54, 1.807) is 18.2 Å². The first-order valence-corrected chi connectivity index (χ1v) is 11.4. The number of aliphatic hydroxyl groups excluding tert-OH is 1. The Balaban J connectivity index is 1.25. The van der Waals surface area contributed by atoms with Crippen LogP contribution in [0.5, 0.6) is 0 Å². The Hall–Kier alpha value is -4.31. The lowest BCUT2D eigenvalue weighted by atomic mass is 10.1. The molecule has 0 radical (unpaired) electrons. The van der Waals surface area contributed by atoms with Crippen molar-refractivity contribution in [3.8, 4) is 11.3 Å². The molecule has 2 atom stereocenters.